The van der Waals surface area contributed by atoms with Crippen molar-refractivity contribution in [2.75, 3.05) is 0 Å². The number of nitrogens with zero attached hydrogens (tertiary/aromatic N) is 3. The normalized spacial score (nSPS) is 11.3. The summed E-state index contributed by atoms with van der Waals surface area (Å²) in [5.41, 5.74) is 37.2. The molecule has 0 bridgehead atoms. The van der Waals surface area contributed by atoms with Gasteiger partial charge in [0, 0.05) is 62.8 Å². The van der Waals surface area contributed by atoms with Gasteiger partial charge in [0.2, 0.25) is 0 Å². The van der Waals surface area contributed by atoms with Crippen LogP contribution in [0.1, 0.15) is 0 Å². The van der Waals surface area contributed by atoms with Crippen LogP contribution in [0.3, 0.4) is 0 Å². The van der Waals surface area contributed by atoms with E-state index in [0.717, 1.165) is 30.5 Å². The predicted octanol–water partition coefficient (Wildman–Crippen LogP) is 35.0. The largest absolute Gasteiger partial charge is 0.309 e. The molecule has 0 N–H and O–H groups in total. The molecule has 126 heavy (non-hydrogen) atoms. The van der Waals surface area contributed by atoms with E-state index in [1.165, 1.54) is 188 Å². The quantitative estimate of drug-likeness (QED) is 0.103. The molecule has 0 radical (unpaired) electrons. The fourth-order valence-electron chi connectivity index (χ4n) is 18.1. The summed E-state index contributed by atoms with van der Waals surface area (Å²) >= 11 is 11.2. The lowest BCUT2D eigenvalue weighted by Gasteiger charge is -2.14. The van der Waals surface area contributed by atoms with Gasteiger partial charge in [0.25, 0.3) is 0 Å². The SMILES string of the molecule is Brc1ccccc1-c1cccc(-c2ccc3c4cc(-c5ccccc5)ccc4n(-c4ccc(-c5ccccc5)cc4)c3c2)c1.Brc1ccccc1-c1cccc(-c2ccc3c4ccccc4n(-c4cc(-c5ccccc5)cc(-c5ccccc5)c4)c3c2)c1.Brc1ccccc1-c1cccc(-c2ccc3c4ccccc4n(-c4cccc(-c5ccccc5)c4)c3c2)c1. The fourth-order valence-corrected chi connectivity index (χ4v) is 19.6. The third-order valence-electron chi connectivity index (χ3n) is 24.2. The van der Waals surface area contributed by atoms with Gasteiger partial charge in [-0.15, -0.1) is 0 Å². The minimum absolute atomic E-state index is 1.10. The monoisotopic (exact) mass is 1800 g/mol. The Kier molecular flexibility index (Phi) is 21.7. The summed E-state index contributed by atoms with van der Waals surface area (Å²) in [6, 6.07) is 174. The second kappa shape index (κ2) is 34.9. The van der Waals surface area contributed by atoms with Gasteiger partial charge in [0.1, 0.15) is 0 Å². The van der Waals surface area contributed by atoms with E-state index in [1.807, 2.05) is 0 Å². The first-order chi connectivity index (χ1) is 62.2. The van der Waals surface area contributed by atoms with Crippen LogP contribution in [0.4, 0.5) is 0 Å². The van der Waals surface area contributed by atoms with Gasteiger partial charge in [-0.25, -0.2) is 0 Å². The van der Waals surface area contributed by atoms with Crippen molar-refractivity contribution in [3.8, 4) is 139 Å². The molecule has 23 rings (SSSR count). The molecule has 6 heteroatoms. The molecule has 596 valence electrons. The highest BCUT2D eigenvalue weighted by Crippen LogP contribution is 2.44. The zero-order valence-corrected chi connectivity index (χ0v) is 73.4. The zero-order valence-electron chi connectivity index (χ0n) is 68.7. The van der Waals surface area contributed by atoms with E-state index in [9.17, 15) is 0 Å². The molecule has 0 fully saturated rings. The summed E-state index contributed by atoms with van der Waals surface area (Å²) in [4.78, 5) is 0. The summed E-state index contributed by atoms with van der Waals surface area (Å²) < 4.78 is 10.5. The number of hydrogen-bond acceptors (Lipinski definition) is 0. The molecule has 0 aliphatic rings. The van der Waals surface area contributed by atoms with E-state index >= 15 is 0 Å². The lowest BCUT2D eigenvalue weighted by molar-refractivity contribution is 1.18. The van der Waals surface area contributed by atoms with E-state index in [-0.39, 0.29) is 0 Å². The topological polar surface area (TPSA) is 14.8 Å². The van der Waals surface area contributed by atoms with Crippen molar-refractivity contribution >= 4 is 113 Å². The predicted molar refractivity (Wildman–Crippen MR) is 545 cm³/mol. The van der Waals surface area contributed by atoms with Crippen LogP contribution in [0, 0.1) is 0 Å². The van der Waals surface area contributed by atoms with Gasteiger partial charge in [-0.1, -0.05) is 412 Å². The van der Waals surface area contributed by atoms with E-state index in [1.54, 1.807) is 0 Å². The molecule has 0 spiro atoms. The molecule has 3 aromatic heterocycles. The summed E-state index contributed by atoms with van der Waals surface area (Å²) in [6.07, 6.45) is 0. The maximum Gasteiger partial charge on any atom is 0.0547 e. The third kappa shape index (κ3) is 15.6. The van der Waals surface area contributed by atoms with Crippen LogP contribution in [0.15, 0.2) is 499 Å². The first-order valence-electron chi connectivity index (χ1n) is 42.6. The van der Waals surface area contributed by atoms with Gasteiger partial charge < -0.3 is 13.7 Å². The molecular formula is C120H80Br3N3. The Balaban J connectivity index is 0.000000116. The van der Waals surface area contributed by atoms with Crippen molar-refractivity contribution in [1.29, 1.82) is 0 Å². The number of rotatable bonds is 14. The number of fused-ring (bicyclic) bond motifs is 9. The van der Waals surface area contributed by atoms with E-state index in [2.05, 4.69) is 547 Å². The standard InChI is InChI=1S/2C42H28BrN.C36H24BrN/c43-40-20-9-7-18-37(40)33-17-11-16-31(24-33)32-22-23-39-38-19-8-10-21-41(38)44(42(39)28-32)36-26-34(29-12-3-1-4-13-29)25-35(27-36)30-14-5-2-6-15-30;43-40-17-8-7-16-37(40)35-15-9-14-32(26-35)34-20-24-38-39-27-33(30-12-5-2-6-13-30)21-25-41(39)44(42(38)28-34)36-22-18-31(19-23-36)29-10-3-1-4-11-29;37-34-18-6-4-16-31(34)29-14-8-12-26(22-29)28-20-21-33-32-17-5-7-19-35(32)38(36(33)24-28)30-15-9-13-27(23-30)25-10-2-1-3-11-25/h2*1-28H;1-24H. The fraction of sp³-hybridized carbons (Fsp3) is 0. The van der Waals surface area contributed by atoms with Crippen molar-refractivity contribution in [3.63, 3.8) is 0 Å². The number of para-hydroxylation sites is 2. The summed E-state index contributed by atoms with van der Waals surface area (Å²) in [6.45, 7) is 0. The first kappa shape index (κ1) is 78.5. The number of halogens is 3. The Morgan fingerprint density at radius 1 is 0.119 bits per heavy atom. The van der Waals surface area contributed by atoms with Crippen molar-refractivity contribution < 1.29 is 0 Å². The summed E-state index contributed by atoms with van der Waals surface area (Å²) in [7, 11) is 0. The number of hydrogen-bond donors (Lipinski definition) is 0. The van der Waals surface area contributed by atoms with Crippen LogP contribution < -0.4 is 0 Å². The molecular weight excluding hydrogens is 1720 g/mol. The van der Waals surface area contributed by atoms with Crippen molar-refractivity contribution in [2.45, 2.75) is 0 Å². The van der Waals surface area contributed by atoms with Gasteiger partial charge in [0.05, 0.1) is 33.1 Å². The Morgan fingerprint density at radius 3 is 0.778 bits per heavy atom. The Morgan fingerprint density at radius 2 is 0.365 bits per heavy atom. The maximum atomic E-state index is 3.74. The van der Waals surface area contributed by atoms with E-state index < -0.39 is 0 Å². The second-order valence-corrected chi connectivity index (χ2v) is 34.4. The first-order valence-corrected chi connectivity index (χ1v) is 44.9. The number of benzene rings is 20. The molecule has 3 heterocycles. The minimum atomic E-state index is 1.10. The van der Waals surface area contributed by atoms with Gasteiger partial charge in [-0.2, -0.15) is 0 Å². The Labute approximate surface area is 758 Å². The van der Waals surface area contributed by atoms with Crippen LogP contribution in [0.5, 0.6) is 0 Å². The molecule has 0 aliphatic carbocycles. The highest BCUT2D eigenvalue weighted by molar-refractivity contribution is 9.11. The molecule has 0 unspecified atom stereocenters. The highest BCUT2D eigenvalue weighted by Gasteiger charge is 2.21. The molecule has 0 saturated carbocycles. The van der Waals surface area contributed by atoms with E-state index in [4.69, 9.17) is 0 Å². The van der Waals surface area contributed by atoms with Crippen LogP contribution in [-0.2, 0) is 0 Å². The molecule has 20 aromatic carbocycles. The molecule has 0 amide bonds. The summed E-state index contributed by atoms with van der Waals surface area (Å²) in [5.74, 6) is 0. The molecule has 0 atom stereocenters. The van der Waals surface area contributed by atoms with Crippen LogP contribution in [-0.4, -0.2) is 13.7 Å². The van der Waals surface area contributed by atoms with E-state index in [0.29, 0.717) is 0 Å². The Hall–Kier alpha value is -14.8. The van der Waals surface area contributed by atoms with Crippen LogP contribution in [0.2, 0.25) is 0 Å². The second-order valence-electron chi connectivity index (χ2n) is 31.8. The number of aromatic nitrogens is 3. The maximum absolute atomic E-state index is 3.74. The smallest absolute Gasteiger partial charge is 0.0547 e. The molecule has 3 nitrogen and oxygen atoms in total. The highest BCUT2D eigenvalue weighted by atomic mass is 79.9. The van der Waals surface area contributed by atoms with Gasteiger partial charge in [-0.3, -0.25) is 0 Å². The van der Waals surface area contributed by atoms with Crippen molar-refractivity contribution in [3.05, 3.63) is 499 Å². The molecule has 0 aliphatic heterocycles. The third-order valence-corrected chi connectivity index (χ3v) is 26.3. The van der Waals surface area contributed by atoms with Crippen LogP contribution >= 0.6 is 47.8 Å². The average molecular weight is 1800 g/mol. The molecule has 0 saturated heterocycles. The van der Waals surface area contributed by atoms with Gasteiger partial charge in [0.15, 0.2) is 0 Å². The zero-order chi connectivity index (χ0) is 84.4. The van der Waals surface area contributed by atoms with Gasteiger partial charge in [-0.05, 0) is 244 Å². The van der Waals surface area contributed by atoms with Gasteiger partial charge >= 0.3 is 0 Å². The van der Waals surface area contributed by atoms with Crippen LogP contribution in [0.25, 0.3) is 205 Å². The molecule has 23 aromatic rings. The van der Waals surface area contributed by atoms with Crippen molar-refractivity contribution in [1.82, 2.24) is 13.7 Å². The minimum Gasteiger partial charge on any atom is -0.309 e. The van der Waals surface area contributed by atoms with Crippen molar-refractivity contribution in [2.24, 2.45) is 0 Å². The lowest BCUT2D eigenvalue weighted by Crippen LogP contribution is -1.96. The Bertz CT molecular complexity index is 7910. The average Bonchev–Trinajstić information content (AvgIpc) is 1.60. The summed E-state index contributed by atoms with van der Waals surface area (Å²) in [5, 5.41) is 7.52. The lowest BCUT2D eigenvalue weighted by atomic mass is 9.97.